The zero-order chi connectivity index (χ0) is 13.9. The van der Waals surface area contributed by atoms with Gasteiger partial charge in [0.05, 0.1) is 17.6 Å². The van der Waals surface area contributed by atoms with Crippen molar-refractivity contribution >= 4 is 21.4 Å². The Morgan fingerprint density at radius 1 is 1.26 bits per heavy atom. The fourth-order valence-electron chi connectivity index (χ4n) is 2.43. The van der Waals surface area contributed by atoms with Crippen LogP contribution in [0, 0.1) is 0 Å². The van der Waals surface area contributed by atoms with Crippen LogP contribution in [0.15, 0.2) is 24.3 Å². The molecular weight excluding hydrogens is 262 g/mol. The monoisotopic (exact) mass is 283 g/mol. The summed E-state index contributed by atoms with van der Waals surface area (Å²) in [4.78, 5) is 2.24. The number of nitrogens with zero attached hydrogens (tertiary/aromatic N) is 2. The lowest BCUT2D eigenvalue weighted by Crippen LogP contribution is -2.44. The molecule has 0 saturated carbocycles. The highest BCUT2D eigenvalue weighted by Crippen LogP contribution is 2.30. The van der Waals surface area contributed by atoms with Gasteiger partial charge >= 0.3 is 0 Å². The summed E-state index contributed by atoms with van der Waals surface area (Å²) in [6.45, 7) is 5.97. The van der Waals surface area contributed by atoms with E-state index >= 15 is 0 Å². The van der Waals surface area contributed by atoms with Gasteiger partial charge < -0.3 is 10.2 Å². The van der Waals surface area contributed by atoms with E-state index in [0.29, 0.717) is 6.54 Å². The standard InChI is InChI=1S/C13H21N3O2S/c1-3-16(19(2,17)18)13-7-5-4-6-12(13)15-10-8-14-9-11-15/h4-7,14H,3,8-11H2,1-2H3. The Morgan fingerprint density at radius 2 is 1.89 bits per heavy atom. The lowest BCUT2D eigenvalue weighted by Gasteiger charge is -2.33. The Morgan fingerprint density at radius 3 is 2.47 bits per heavy atom. The molecule has 1 aliphatic rings. The first-order chi connectivity index (χ1) is 9.04. The molecule has 1 N–H and O–H groups in total. The molecule has 0 amide bonds. The van der Waals surface area contributed by atoms with E-state index in [2.05, 4.69) is 10.2 Å². The number of hydrogen-bond donors (Lipinski definition) is 1. The highest BCUT2D eigenvalue weighted by atomic mass is 32.2. The van der Waals surface area contributed by atoms with E-state index in [9.17, 15) is 8.42 Å². The van der Waals surface area contributed by atoms with Crippen LogP contribution in [0.1, 0.15) is 6.92 Å². The van der Waals surface area contributed by atoms with Crippen molar-refractivity contribution in [2.75, 3.05) is 48.2 Å². The minimum atomic E-state index is -3.24. The predicted octanol–water partition coefficient (Wildman–Crippen LogP) is 0.882. The zero-order valence-electron chi connectivity index (χ0n) is 11.5. The van der Waals surface area contributed by atoms with Gasteiger partial charge in [-0.3, -0.25) is 4.31 Å². The average molecular weight is 283 g/mol. The van der Waals surface area contributed by atoms with Crippen molar-refractivity contribution in [1.82, 2.24) is 5.32 Å². The van der Waals surface area contributed by atoms with E-state index in [4.69, 9.17) is 0 Å². The summed E-state index contributed by atoms with van der Waals surface area (Å²) < 4.78 is 25.2. The molecule has 0 aliphatic carbocycles. The molecule has 1 saturated heterocycles. The van der Waals surface area contributed by atoms with Gasteiger partial charge in [0.25, 0.3) is 0 Å². The molecule has 1 aliphatic heterocycles. The molecular formula is C13H21N3O2S. The van der Waals surface area contributed by atoms with Crippen LogP contribution < -0.4 is 14.5 Å². The van der Waals surface area contributed by atoms with Crippen molar-refractivity contribution < 1.29 is 8.42 Å². The molecule has 19 heavy (non-hydrogen) atoms. The second-order valence-corrected chi connectivity index (χ2v) is 6.56. The number of sulfonamides is 1. The van der Waals surface area contributed by atoms with E-state index in [1.807, 2.05) is 31.2 Å². The molecule has 106 valence electrons. The van der Waals surface area contributed by atoms with E-state index in [1.165, 1.54) is 10.6 Å². The Balaban J connectivity index is 2.39. The molecule has 0 spiro atoms. The first kappa shape index (κ1) is 14.1. The number of rotatable bonds is 4. The molecule has 5 nitrogen and oxygen atoms in total. The Hall–Kier alpha value is -1.27. The van der Waals surface area contributed by atoms with Crippen LogP contribution >= 0.6 is 0 Å². The number of nitrogens with one attached hydrogen (secondary N) is 1. The summed E-state index contributed by atoms with van der Waals surface area (Å²) in [6, 6.07) is 7.71. The van der Waals surface area contributed by atoms with Crippen molar-refractivity contribution in [1.29, 1.82) is 0 Å². The van der Waals surface area contributed by atoms with E-state index in [0.717, 1.165) is 37.6 Å². The molecule has 0 radical (unpaired) electrons. The van der Waals surface area contributed by atoms with E-state index < -0.39 is 10.0 Å². The Bertz CT molecular complexity index is 524. The summed E-state index contributed by atoms with van der Waals surface area (Å²) in [5, 5.41) is 3.30. The predicted molar refractivity (Wildman–Crippen MR) is 79.4 cm³/mol. The molecule has 0 atom stereocenters. The fraction of sp³-hybridized carbons (Fsp3) is 0.538. The lowest BCUT2D eigenvalue weighted by atomic mass is 10.2. The minimum absolute atomic E-state index is 0.446. The van der Waals surface area contributed by atoms with E-state index in [1.54, 1.807) is 0 Å². The molecule has 0 unspecified atom stereocenters. The summed E-state index contributed by atoms with van der Waals surface area (Å²) in [7, 11) is -3.24. The number of anilines is 2. The lowest BCUT2D eigenvalue weighted by molar-refractivity contribution is 0.587. The van der Waals surface area contributed by atoms with Crippen molar-refractivity contribution in [2.45, 2.75) is 6.92 Å². The van der Waals surface area contributed by atoms with Gasteiger partial charge in [0, 0.05) is 32.7 Å². The maximum Gasteiger partial charge on any atom is 0.232 e. The zero-order valence-corrected chi connectivity index (χ0v) is 12.3. The molecule has 0 aromatic heterocycles. The van der Waals surface area contributed by atoms with Gasteiger partial charge in [-0.2, -0.15) is 0 Å². The largest absolute Gasteiger partial charge is 0.367 e. The Labute approximate surface area is 115 Å². The highest BCUT2D eigenvalue weighted by Gasteiger charge is 2.21. The third-order valence-corrected chi connectivity index (χ3v) is 4.55. The average Bonchev–Trinajstić information content (AvgIpc) is 2.39. The van der Waals surface area contributed by atoms with Gasteiger partial charge in [-0.15, -0.1) is 0 Å². The number of piperazine rings is 1. The van der Waals surface area contributed by atoms with Crippen LogP contribution in [0.2, 0.25) is 0 Å². The molecule has 1 aromatic rings. The molecule has 2 rings (SSSR count). The van der Waals surface area contributed by atoms with Crippen molar-refractivity contribution in [3.05, 3.63) is 24.3 Å². The minimum Gasteiger partial charge on any atom is -0.367 e. The van der Waals surface area contributed by atoms with Gasteiger partial charge in [0.15, 0.2) is 0 Å². The van der Waals surface area contributed by atoms with Gasteiger partial charge in [0.1, 0.15) is 0 Å². The SMILES string of the molecule is CCN(c1ccccc1N1CCNCC1)S(C)(=O)=O. The quantitative estimate of drug-likeness (QED) is 0.891. The van der Waals surface area contributed by atoms with Gasteiger partial charge in [-0.25, -0.2) is 8.42 Å². The van der Waals surface area contributed by atoms with Crippen LogP contribution in [-0.4, -0.2) is 47.4 Å². The van der Waals surface area contributed by atoms with Gasteiger partial charge in [-0.1, -0.05) is 12.1 Å². The third kappa shape index (κ3) is 3.19. The van der Waals surface area contributed by atoms with Crippen LogP contribution in [0.25, 0.3) is 0 Å². The topological polar surface area (TPSA) is 52.6 Å². The molecule has 0 bridgehead atoms. The van der Waals surface area contributed by atoms with Crippen LogP contribution in [-0.2, 0) is 10.0 Å². The van der Waals surface area contributed by atoms with Gasteiger partial charge in [0.2, 0.25) is 10.0 Å². The second-order valence-electron chi connectivity index (χ2n) is 4.65. The highest BCUT2D eigenvalue weighted by molar-refractivity contribution is 7.92. The Kier molecular flexibility index (Phi) is 4.31. The molecule has 1 heterocycles. The van der Waals surface area contributed by atoms with Crippen LogP contribution in [0.4, 0.5) is 11.4 Å². The number of para-hydroxylation sites is 2. The fourth-order valence-corrected chi connectivity index (χ4v) is 3.41. The summed E-state index contributed by atoms with van der Waals surface area (Å²) in [5.41, 5.74) is 1.77. The maximum atomic E-state index is 11.9. The molecule has 6 heteroatoms. The van der Waals surface area contributed by atoms with Crippen molar-refractivity contribution in [3.8, 4) is 0 Å². The summed E-state index contributed by atoms with van der Waals surface area (Å²) in [5.74, 6) is 0. The molecule has 1 fully saturated rings. The second kappa shape index (κ2) is 5.79. The van der Waals surface area contributed by atoms with E-state index in [-0.39, 0.29) is 0 Å². The smallest absolute Gasteiger partial charge is 0.232 e. The summed E-state index contributed by atoms with van der Waals surface area (Å²) >= 11 is 0. The number of hydrogen-bond acceptors (Lipinski definition) is 4. The molecule has 1 aromatic carbocycles. The first-order valence-electron chi connectivity index (χ1n) is 6.56. The van der Waals surface area contributed by atoms with Crippen molar-refractivity contribution in [2.24, 2.45) is 0 Å². The summed E-state index contributed by atoms with van der Waals surface area (Å²) in [6.07, 6.45) is 1.25. The third-order valence-electron chi connectivity index (χ3n) is 3.30. The van der Waals surface area contributed by atoms with Crippen LogP contribution in [0.5, 0.6) is 0 Å². The van der Waals surface area contributed by atoms with Crippen molar-refractivity contribution in [3.63, 3.8) is 0 Å². The van der Waals surface area contributed by atoms with Crippen LogP contribution in [0.3, 0.4) is 0 Å². The normalized spacial score (nSPS) is 16.4. The van der Waals surface area contributed by atoms with Gasteiger partial charge in [-0.05, 0) is 19.1 Å². The first-order valence-corrected chi connectivity index (χ1v) is 8.41. The number of benzene rings is 1. The maximum absolute atomic E-state index is 11.9.